The van der Waals surface area contributed by atoms with Crippen molar-refractivity contribution in [2.45, 2.75) is 70.8 Å². The zero-order chi connectivity index (χ0) is 13.4. The highest BCUT2D eigenvalue weighted by molar-refractivity contribution is 5.77. The number of carboxylic acid groups (broad SMARTS) is 1. The van der Waals surface area contributed by atoms with Gasteiger partial charge in [-0.1, -0.05) is 26.2 Å². The molecule has 0 radical (unpaired) electrons. The number of hydrogen-bond donors (Lipinski definition) is 2. The van der Waals surface area contributed by atoms with Gasteiger partial charge < -0.3 is 10.4 Å². The van der Waals surface area contributed by atoms with E-state index in [9.17, 15) is 9.59 Å². The molecule has 0 aromatic carbocycles. The van der Waals surface area contributed by atoms with Gasteiger partial charge in [-0.2, -0.15) is 0 Å². The van der Waals surface area contributed by atoms with Crippen LogP contribution in [0.4, 0.5) is 0 Å². The second-order valence-electron chi connectivity index (χ2n) is 5.23. The van der Waals surface area contributed by atoms with Gasteiger partial charge in [0.25, 0.3) is 0 Å². The van der Waals surface area contributed by atoms with Crippen LogP contribution >= 0.6 is 0 Å². The van der Waals surface area contributed by atoms with Crippen molar-refractivity contribution < 1.29 is 14.7 Å². The third kappa shape index (κ3) is 5.52. The smallest absolute Gasteiger partial charge is 0.303 e. The Balaban J connectivity index is 2.28. The molecule has 104 valence electrons. The Bertz CT molecular complexity index is 272. The average Bonchev–Trinajstić information content (AvgIpc) is 2.36. The number of carboxylic acids is 1. The molecule has 1 atom stereocenters. The van der Waals surface area contributed by atoms with Crippen LogP contribution in [-0.2, 0) is 9.59 Å². The van der Waals surface area contributed by atoms with Gasteiger partial charge in [0, 0.05) is 18.9 Å². The van der Waals surface area contributed by atoms with Crippen LogP contribution in [0.25, 0.3) is 0 Å². The lowest BCUT2D eigenvalue weighted by atomic mass is 9.83. The zero-order valence-electron chi connectivity index (χ0n) is 11.3. The molecule has 1 aliphatic rings. The maximum atomic E-state index is 11.7. The van der Waals surface area contributed by atoms with Crippen molar-refractivity contribution in [3.8, 4) is 0 Å². The Labute approximate surface area is 109 Å². The topological polar surface area (TPSA) is 66.4 Å². The molecule has 1 unspecified atom stereocenters. The molecule has 2 N–H and O–H groups in total. The van der Waals surface area contributed by atoms with Gasteiger partial charge >= 0.3 is 5.97 Å². The third-order valence-corrected chi connectivity index (χ3v) is 3.80. The monoisotopic (exact) mass is 255 g/mol. The van der Waals surface area contributed by atoms with E-state index in [4.69, 9.17) is 5.11 Å². The maximum absolute atomic E-state index is 11.7. The van der Waals surface area contributed by atoms with Crippen LogP contribution in [0.5, 0.6) is 0 Å². The first-order valence-corrected chi connectivity index (χ1v) is 7.14. The summed E-state index contributed by atoms with van der Waals surface area (Å²) in [5.41, 5.74) is 0. The molecule has 0 aromatic heterocycles. The van der Waals surface area contributed by atoms with Crippen LogP contribution < -0.4 is 5.32 Å². The van der Waals surface area contributed by atoms with Crippen LogP contribution in [0.3, 0.4) is 0 Å². The first-order valence-electron chi connectivity index (χ1n) is 7.14. The Kier molecular flexibility index (Phi) is 6.76. The normalized spacial score (nSPS) is 18.3. The molecule has 0 heterocycles. The Morgan fingerprint density at radius 1 is 1.22 bits per heavy atom. The molecule has 1 fully saturated rings. The van der Waals surface area contributed by atoms with Crippen LogP contribution in [0.2, 0.25) is 0 Å². The van der Waals surface area contributed by atoms with Crippen molar-refractivity contribution in [1.29, 1.82) is 0 Å². The Morgan fingerprint density at radius 3 is 2.44 bits per heavy atom. The molecule has 4 heteroatoms. The second kappa shape index (κ2) is 8.11. The molecule has 0 aliphatic heterocycles. The summed E-state index contributed by atoms with van der Waals surface area (Å²) in [6, 6.07) is 0.280. The van der Waals surface area contributed by atoms with E-state index in [1.807, 2.05) is 0 Å². The van der Waals surface area contributed by atoms with E-state index < -0.39 is 5.97 Å². The minimum absolute atomic E-state index is 0.00803. The van der Waals surface area contributed by atoms with E-state index in [-0.39, 0.29) is 18.4 Å². The summed E-state index contributed by atoms with van der Waals surface area (Å²) in [6.45, 7) is 2.11. The quantitative estimate of drug-likeness (QED) is 0.735. The van der Waals surface area contributed by atoms with Gasteiger partial charge in [-0.3, -0.25) is 9.59 Å². The van der Waals surface area contributed by atoms with Gasteiger partial charge in [-0.25, -0.2) is 0 Å². The number of amides is 1. The minimum atomic E-state index is -0.831. The van der Waals surface area contributed by atoms with Crippen molar-refractivity contribution in [1.82, 2.24) is 5.32 Å². The molecular formula is C14H25NO3. The van der Waals surface area contributed by atoms with Gasteiger partial charge in [-0.05, 0) is 31.6 Å². The number of carbonyl (C=O) groups excluding carboxylic acids is 1. The molecule has 4 nitrogen and oxygen atoms in total. The predicted octanol–water partition coefficient (Wildman–Crippen LogP) is 2.72. The van der Waals surface area contributed by atoms with Crippen molar-refractivity contribution in [3.05, 3.63) is 0 Å². The molecule has 1 saturated carbocycles. The van der Waals surface area contributed by atoms with E-state index in [2.05, 4.69) is 12.2 Å². The SMILES string of the molecule is CCC(NC(=O)CCCC(=O)O)C1CCCCC1. The molecule has 1 amide bonds. The first-order chi connectivity index (χ1) is 8.63. The molecular weight excluding hydrogens is 230 g/mol. The van der Waals surface area contributed by atoms with E-state index in [1.165, 1.54) is 32.1 Å². The zero-order valence-corrected chi connectivity index (χ0v) is 11.3. The molecule has 1 aliphatic carbocycles. The van der Waals surface area contributed by atoms with Gasteiger partial charge in [0.2, 0.25) is 5.91 Å². The van der Waals surface area contributed by atoms with Crippen LogP contribution in [0.15, 0.2) is 0 Å². The molecule has 0 saturated heterocycles. The summed E-state index contributed by atoms with van der Waals surface area (Å²) in [6.07, 6.45) is 8.11. The number of hydrogen-bond acceptors (Lipinski definition) is 2. The molecule has 18 heavy (non-hydrogen) atoms. The average molecular weight is 255 g/mol. The Hall–Kier alpha value is -1.06. The van der Waals surface area contributed by atoms with Crippen LogP contribution in [-0.4, -0.2) is 23.0 Å². The summed E-state index contributed by atoms with van der Waals surface area (Å²) in [7, 11) is 0. The fourth-order valence-corrected chi connectivity index (χ4v) is 2.77. The largest absolute Gasteiger partial charge is 0.481 e. The van der Waals surface area contributed by atoms with E-state index in [0.717, 1.165) is 6.42 Å². The fourth-order valence-electron chi connectivity index (χ4n) is 2.77. The highest BCUT2D eigenvalue weighted by Gasteiger charge is 2.23. The Morgan fingerprint density at radius 2 is 1.89 bits per heavy atom. The lowest BCUT2D eigenvalue weighted by Crippen LogP contribution is -2.40. The molecule has 0 spiro atoms. The maximum Gasteiger partial charge on any atom is 0.303 e. The number of rotatable bonds is 7. The first kappa shape index (κ1) is 15.0. The van der Waals surface area contributed by atoms with Crippen molar-refractivity contribution in [2.75, 3.05) is 0 Å². The van der Waals surface area contributed by atoms with Gasteiger partial charge in [0.1, 0.15) is 0 Å². The van der Waals surface area contributed by atoms with Crippen LogP contribution in [0, 0.1) is 5.92 Å². The van der Waals surface area contributed by atoms with Gasteiger partial charge in [0.15, 0.2) is 0 Å². The fraction of sp³-hybridized carbons (Fsp3) is 0.857. The predicted molar refractivity (Wildman–Crippen MR) is 70.3 cm³/mol. The highest BCUT2D eigenvalue weighted by Crippen LogP contribution is 2.27. The van der Waals surface area contributed by atoms with Crippen molar-refractivity contribution in [3.63, 3.8) is 0 Å². The van der Waals surface area contributed by atoms with Gasteiger partial charge in [-0.15, -0.1) is 0 Å². The van der Waals surface area contributed by atoms with E-state index >= 15 is 0 Å². The second-order valence-corrected chi connectivity index (χ2v) is 5.23. The number of aliphatic carboxylic acids is 1. The minimum Gasteiger partial charge on any atom is -0.481 e. The number of nitrogens with one attached hydrogen (secondary N) is 1. The molecule has 0 aromatic rings. The molecule has 1 rings (SSSR count). The summed E-state index contributed by atoms with van der Waals surface area (Å²) in [5.74, 6) is -0.206. The van der Waals surface area contributed by atoms with Gasteiger partial charge in [0.05, 0.1) is 0 Å². The van der Waals surface area contributed by atoms with Crippen LogP contribution in [0.1, 0.15) is 64.7 Å². The standard InChI is InChI=1S/C14H25NO3/c1-2-12(11-7-4-3-5-8-11)15-13(16)9-6-10-14(17)18/h11-12H,2-10H2,1H3,(H,15,16)(H,17,18). The number of carbonyl (C=O) groups is 2. The van der Waals surface area contributed by atoms with E-state index in [0.29, 0.717) is 18.8 Å². The van der Waals surface area contributed by atoms with Crippen molar-refractivity contribution in [2.24, 2.45) is 5.92 Å². The van der Waals surface area contributed by atoms with Crippen molar-refractivity contribution >= 4 is 11.9 Å². The highest BCUT2D eigenvalue weighted by atomic mass is 16.4. The van der Waals surface area contributed by atoms with E-state index in [1.54, 1.807) is 0 Å². The summed E-state index contributed by atoms with van der Waals surface area (Å²) in [4.78, 5) is 22.1. The lowest BCUT2D eigenvalue weighted by Gasteiger charge is -2.30. The lowest BCUT2D eigenvalue weighted by molar-refractivity contribution is -0.137. The summed E-state index contributed by atoms with van der Waals surface area (Å²) in [5, 5.41) is 11.6. The third-order valence-electron chi connectivity index (χ3n) is 3.80. The summed E-state index contributed by atoms with van der Waals surface area (Å²) >= 11 is 0. The summed E-state index contributed by atoms with van der Waals surface area (Å²) < 4.78 is 0. The molecule has 0 bridgehead atoms.